The molecular formula is C10H9BrFNO3. The molecule has 0 atom stereocenters. The Morgan fingerprint density at radius 2 is 2.19 bits per heavy atom. The molecule has 0 fully saturated rings. The molecule has 0 saturated carbocycles. The Hall–Kier alpha value is -1.30. The molecule has 16 heavy (non-hydrogen) atoms. The van der Waals surface area contributed by atoms with E-state index in [9.17, 15) is 19.3 Å². The average Bonchev–Trinajstić information content (AvgIpc) is 2.13. The minimum Gasteiger partial charge on any atom is -0.300 e. The largest absolute Gasteiger partial charge is 0.309 e. The molecule has 0 N–H and O–H groups in total. The summed E-state index contributed by atoms with van der Waals surface area (Å²) in [7, 11) is 0. The van der Waals surface area contributed by atoms with Crippen LogP contribution in [0.2, 0.25) is 0 Å². The Balaban J connectivity index is 3.50. The van der Waals surface area contributed by atoms with Crippen LogP contribution in [0.1, 0.15) is 18.1 Å². The number of benzene rings is 1. The summed E-state index contributed by atoms with van der Waals surface area (Å²) in [6.07, 6.45) is -0.133. The monoisotopic (exact) mass is 289 g/mol. The summed E-state index contributed by atoms with van der Waals surface area (Å²) in [6, 6.07) is 1.43. The third kappa shape index (κ3) is 2.44. The van der Waals surface area contributed by atoms with E-state index in [0.717, 1.165) is 0 Å². The predicted octanol–water partition coefficient (Wildman–Crippen LogP) is 2.94. The van der Waals surface area contributed by atoms with E-state index >= 15 is 0 Å². The van der Waals surface area contributed by atoms with Crippen molar-refractivity contribution in [2.75, 3.05) is 0 Å². The van der Waals surface area contributed by atoms with Crippen LogP contribution in [0.25, 0.3) is 0 Å². The highest BCUT2D eigenvalue weighted by Crippen LogP contribution is 2.32. The van der Waals surface area contributed by atoms with E-state index in [2.05, 4.69) is 15.9 Å². The van der Waals surface area contributed by atoms with Crippen molar-refractivity contribution in [3.05, 3.63) is 37.6 Å². The quantitative estimate of drug-likeness (QED) is 0.635. The molecule has 1 aromatic carbocycles. The third-order valence-corrected chi connectivity index (χ3v) is 2.71. The lowest BCUT2D eigenvalue weighted by Gasteiger charge is -2.07. The van der Waals surface area contributed by atoms with E-state index in [4.69, 9.17) is 0 Å². The second-order valence-corrected chi connectivity index (χ2v) is 4.31. The second-order valence-electron chi connectivity index (χ2n) is 3.45. The Labute approximate surface area is 99.7 Å². The molecule has 0 amide bonds. The van der Waals surface area contributed by atoms with Crippen molar-refractivity contribution in [3.63, 3.8) is 0 Å². The van der Waals surface area contributed by atoms with Crippen molar-refractivity contribution in [1.82, 2.24) is 0 Å². The fraction of sp³-hybridized carbons (Fsp3) is 0.300. The van der Waals surface area contributed by atoms with E-state index in [1.54, 1.807) is 6.92 Å². The van der Waals surface area contributed by atoms with Crippen LogP contribution < -0.4 is 0 Å². The van der Waals surface area contributed by atoms with Crippen molar-refractivity contribution >= 4 is 27.4 Å². The van der Waals surface area contributed by atoms with Gasteiger partial charge in [-0.3, -0.25) is 14.9 Å². The van der Waals surface area contributed by atoms with Gasteiger partial charge in [-0.2, -0.15) is 4.39 Å². The number of carbonyl (C=O) groups excluding carboxylic acids is 1. The highest BCUT2D eigenvalue weighted by Gasteiger charge is 2.25. The zero-order valence-electron chi connectivity index (χ0n) is 8.71. The van der Waals surface area contributed by atoms with E-state index in [0.29, 0.717) is 5.56 Å². The van der Waals surface area contributed by atoms with E-state index in [-0.39, 0.29) is 22.2 Å². The second kappa shape index (κ2) is 4.69. The predicted molar refractivity (Wildman–Crippen MR) is 59.9 cm³/mol. The summed E-state index contributed by atoms with van der Waals surface area (Å²) in [4.78, 5) is 20.9. The first-order valence-corrected chi connectivity index (χ1v) is 5.25. The molecule has 0 bridgehead atoms. The van der Waals surface area contributed by atoms with Gasteiger partial charge in [0.15, 0.2) is 0 Å². The van der Waals surface area contributed by atoms with Gasteiger partial charge < -0.3 is 0 Å². The first-order chi connectivity index (χ1) is 7.34. The first kappa shape index (κ1) is 12.8. The molecule has 0 aliphatic rings. The van der Waals surface area contributed by atoms with Gasteiger partial charge in [0.2, 0.25) is 5.82 Å². The number of hydrogen-bond donors (Lipinski definition) is 0. The van der Waals surface area contributed by atoms with Crippen LogP contribution in [-0.4, -0.2) is 10.7 Å². The normalized spacial score (nSPS) is 10.2. The van der Waals surface area contributed by atoms with Crippen LogP contribution in [0.5, 0.6) is 0 Å². The van der Waals surface area contributed by atoms with E-state index in [1.165, 1.54) is 13.0 Å². The molecule has 6 heteroatoms. The van der Waals surface area contributed by atoms with Gasteiger partial charge in [0.25, 0.3) is 0 Å². The molecule has 0 radical (unpaired) electrons. The summed E-state index contributed by atoms with van der Waals surface area (Å²) in [6.45, 7) is 2.92. The molecule has 0 aliphatic heterocycles. The number of nitro benzene ring substituents is 1. The molecule has 0 unspecified atom stereocenters. The Bertz CT molecular complexity index is 474. The SMILES string of the molecule is CC(=O)Cc1c(C)cc(Br)c(F)c1[N+](=O)[O-]. The zero-order valence-corrected chi connectivity index (χ0v) is 10.3. The number of halogens is 2. The van der Waals surface area contributed by atoms with Gasteiger partial charge in [0.1, 0.15) is 5.78 Å². The maximum Gasteiger partial charge on any atom is 0.309 e. The lowest BCUT2D eigenvalue weighted by Crippen LogP contribution is -2.06. The Morgan fingerprint density at radius 1 is 1.62 bits per heavy atom. The molecule has 0 spiro atoms. The van der Waals surface area contributed by atoms with E-state index in [1.807, 2.05) is 0 Å². The number of nitro groups is 1. The number of rotatable bonds is 3. The zero-order chi connectivity index (χ0) is 12.5. The number of ketones is 1. The Kier molecular flexibility index (Phi) is 3.74. The number of carbonyl (C=O) groups is 1. The number of Topliss-reactive ketones (excluding diaryl/α,β-unsaturated/α-hetero) is 1. The topological polar surface area (TPSA) is 60.2 Å². The fourth-order valence-corrected chi connectivity index (χ4v) is 1.97. The van der Waals surface area contributed by atoms with Crippen molar-refractivity contribution in [3.8, 4) is 0 Å². The molecule has 0 saturated heterocycles. The van der Waals surface area contributed by atoms with Crippen LogP contribution in [0, 0.1) is 22.9 Å². The molecule has 4 nitrogen and oxygen atoms in total. The van der Waals surface area contributed by atoms with Crippen molar-refractivity contribution in [2.45, 2.75) is 20.3 Å². The van der Waals surface area contributed by atoms with Crippen LogP contribution in [0.15, 0.2) is 10.5 Å². The summed E-state index contributed by atoms with van der Waals surface area (Å²) in [5.74, 6) is -1.18. The summed E-state index contributed by atoms with van der Waals surface area (Å²) >= 11 is 2.90. The molecule has 0 aliphatic carbocycles. The lowest BCUT2D eigenvalue weighted by atomic mass is 10.0. The summed E-state index contributed by atoms with van der Waals surface area (Å²) in [5, 5.41) is 10.8. The molecule has 0 aromatic heterocycles. The van der Waals surface area contributed by atoms with Gasteiger partial charge in [-0.15, -0.1) is 0 Å². The number of hydrogen-bond acceptors (Lipinski definition) is 3. The highest BCUT2D eigenvalue weighted by atomic mass is 79.9. The molecule has 1 aromatic rings. The maximum absolute atomic E-state index is 13.5. The smallest absolute Gasteiger partial charge is 0.300 e. The summed E-state index contributed by atoms with van der Waals surface area (Å²) < 4.78 is 13.6. The lowest BCUT2D eigenvalue weighted by molar-refractivity contribution is -0.388. The average molecular weight is 290 g/mol. The van der Waals surface area contributed by atoms with Gasteiger partial charge in [0.05, 0.1) is 9.40 Å². The Morgan fingerprint density at radius 3 is 2.62 bits per heavy atom. The molecule has 1 rings (SSSR count). The van der Waals surface area contributed by atoms with Crippen LogP contribution >= 0.6 is 15.9 Å². The maximum atomic E-state index is 13.5. The van der Waals surface area contributed by atoms with Gasteiger partial charge in [-0.05, 0) is 41.4 Å². The van der Waals surface area contributed by atoms with E-state index < -0.39 is 16.4 Å². The number of aryl methyl sites for hydroxylation is 1. The minimum absolute atomic E-state index is 0.0315. The molecule has 0 heterocycles. The minimum atomic E-state index is -0.938. The van der Waals surface area contributed by atoms with Gasteiger partial charge >= 0.3 is 5.69 Å². The third-order valence-electron chi connectivity index (χ3n) is 2.13. The number of nitrogens with zero attached hydrogens (tertiary/aromatic N) is 1. The highest BCUT2D eigenvalue weighted by molar-refractivity contribution is 9.10. The van der Waals surface area contributed by atoms with Crippen LogP contribution in [-0.2, 0) is 11.2 Å². The van der Waals surface area contributed by atoms with Crippen LogP contribution in [0.4, 0.5) is 10.1 Å². The van der Waals surface area contributed by atoms with Crippen molar-refractivity contribution in [1.29, 1.82) is 0 Å². The molecule has 86 valence electrons. The van der Waals surface area contributed by atoms with Gasteiger partial charge in [-0.1, -0.05) is 0 Å². The summed E-state index contributed by atoms with van der Waals surface area (Å²) in [5.41, 5.74) is 0.0375. The standard InChI is InChI=1S/C10H9BrFNO3/c1-5-3-8(11)9(12)10(13(15)16)7(5)4-6(2)14/h3H,4H2,1-2H3. The first-order valence-electron chi connectivity index (χ1n) is 4.46. The fourth-order valence-electron chi connectivity index (χ4n) is 1.44. The van der Waals surface area contributed by atoms with Crippen LogP contribution in [0.3, 0.4) is 0 Å². The van der Waals surface area contributed by atoms with Crippen molar-refractivity contribution in [2.24, 2.45) is 0 Å². The van der Waals surface area contributed by atoms with Gasteiger partial charge in [-0.25, -0.2) is 0 Å². The van der Waals surface area contributed by atoms with Crippen molar-refractivity contribution < 1.29 is 14.1 Å². The molecular weight excluding hydrogens is 281 g/mol. The van der Waals surface area contributed by atoms with Gasteiger partial charge in [0, 0.05) is 12.0 Å².